The molecule has 1 aromatic rings. The van der Waals surface area contributed by atoms with Gasteiger partial charge in [0.1, 0.15) is 5.75 Å². The van der Waals surface area contributed by atoms with Gasteiger partial charge in [-0.3, -0.25) is 9.59 Å². The number of Topliss-reactive ketones (excluding diaryl/α,β-unsaturated/α-hetero) is 1. The van der Waals surface area contributed by atoms with Crippen LogP contribution in [0.5, 0.6) is 5.75 Å². The highest BCUT2D eigenvalue weighted by Crippen LogP contribution is 2.11. The maximum atomic E-state index is 11.5. The van der Waals surface area contributed by atoms with Crippen LogP contribution in [0.3, 0.4) is 0 Å². The van der Waals surface area contributed by atoms with Crippen LogP contribution in [0.1, 0.15) is 12.5 Å². The van der Waals surface area contributed by atoms with E-state index in [1.165, 1.54) is 19.1 Å². The molecule has 0 fully saturated rings. The summed E-state index contributed by atoms with van der Waals surface area (Å²) in [6.07, 6.45) is 0.371. The van der Waals surface area contributed by atoms with E-state index in [4.69, 9.17) is 10.8 Å². The third kappa shape index (κ3) is 4.24. The van der Waals surface area contributed by atoms with Gasteiger partial charge in [0.05, 0.1) is 12.6 Å². The monoisotopic (exact) mass is 236 g/mol. The molecule has 17 heavy (non-hydrogen) atoms. The van der Waals surface area contributed by atoms with E-state index in [1.54, 1.807) is 12.1 Å². The van der Waals surface area contributed by atoms with Gasteiger partial charge in [0.25, 0.3) is 0 Å². The fourth-order valence-corrected chi connectivity index (χ4v) is 1.50. The number of aromatic hydroxyl groups is 1. The van der Waals surface area contributed by atoms with Crippen molar-refractivity contribution in [3.8, 4) is 5.75 Å². The highest BCUT2D eigenvalue weighted by atomic mass is 16.3. The van der Waals surface area contributed by atoms with Gasteiger partial charge >= 0.3 is 0 Å². The van der Waals surface area contributed by atoms with Crippen LogP contribution in [0.25, 0.3) is 0 Å². The Morgan fingerprint density at radius 3 is 2.41 bits per heavy atom. The molecule has 5 nitrogen and oxygen atoms in total. The summed E-state index contributed by atoms with van der Waals surface area (Å²) in [4.78, 5) is 22.5. The van der Waals surface area contributed by atoms with Gasteiger partial charge in [-0.1, -0.05) is 12.1 Å². The molecule has 4 N–H and O–H groups in total. The molecule has 1 amide bonds. The average Bonchev–Trinajstić information content (AvgIpc) is 2.29. The van der Waals surface area contributed by atoms with Crippen molar-refractivity contribution in [3.63, 3.8) is 0 Å². The van der Waals surface area contributed by atoms with Crippen LogP contribution >= 0.6 is 0 Å². The van der Waals surface area contributed by atoms with Crippen LogP contribution in [-0.2, 0) is 16.0 Å². The molecule has 0 spiro atoms. The third-order valence-electron chi connectivity index (χ3n) is 2.34. The van der Waals surface area contributed by atoms with E-state index < -0.39 is 6.04 Å². The van der Waals surface area contributed by atoms with Crippen LogP contribution in [0.2, 0.25) is 0 Å². The number of carbonyl (C=O) groups is 2. The molecular weight excluding hydrogens is 220 g/mol. The lowest BCUT2D eigenvalue weighted by molar-refractivity contribution is -0.125. The van der Waals surface area contributed by atoms with Crippen molar-refractivity contribution in [2.24, 2.45) is 5.73 Å². The Kier molecular flexibility index (Phi) is 4.66. The number of carbonyl (C=O) groups excluding carboxylic acids is 2. The SMILES string of the molecule is CC(=O)N[C@@H](Cc1ccc(O)cc1)C(=O)CN. The summed E-state index contributed by atoms with van der Waals surface area (Å²) in [6.45, 7) is 1.25. The Labute approximate surface area is 99.6 Å². The number of nitrogens with two attached hydrogens (primary N) is 1. The Morgan fingerprint density at radius 2 is 1.94 bits per heavy atom. The minimum absolute atomic E-state index is 0.108. The molecule has 0 heterocycles. The van der Waals surface area contributed by atoms with Crippen LogP contribution in [-0.4, -0.2) is 29.4 Å². The van der Waals surface area contributed by atoms with Crippen molar-refractivity contribution < 1.29 is 14.7 Å². The molecule has 1 atom stereocenters. The molecule has 5 heteroatoms. The lowest BCUT2D eigenvalue weighted by Gasteiger charge is -2.15. The number of phenolic OH excluding ortho intramolecular Hbond substituents is 1. The number of phenols is 1. The van der Waals surface area contributed by atoms with Gasteiger partial charge in [-0.05, 0) is 24.1 Å². The molecular formula is C12H16N2O3. The molecule has 0 aromatic heterocycles. The molecule has 92 valence electrons. The van der Waals surface area contributed by atoms with Gasteiger partial charge in [0, 0.05) is 6.92 Å². The standard InChI is InChI=1S/C12H16N2O3/c1-8(15)14-11(12(17)7-13)6-9-2-4-10(16)5-3-9/h2-5,11,16H,6-7,13H2,1H3,(H,14,15)/t11-/m0/s1. The molecule has 0 saturated carbocycles. The summed E-state index contributed by atoms with van der Waals surface area (Å²) in [5.41, 5.74) is 6.14. The summed E-state index contributed by atoms with van der Waals surface area (Å²) in [7, 11) is 0. The van der Waals surface area contributed by atoms with Gasteiger partial charge in [0.2, 0.25) is 5.91 Å². The van der Waals surface area contributed by atoms with E-state index >= 15 is 0 Å². The molecule has 0 aliphatic carbocycles. The van der Waals surface area contributed by atoms with Gasteiger partial charge in [-0.15, -0.1) is 0 Å². The summed E-state index contributed by atoms with van der Waals surface area (Å²) in [6, 6.07) is 5.87. The Balaban J connectivity index is 2.75. The van der Waals surface area contributed by atoms with Gasteiger partial charge in [0.15, 0.2) is 5.78 Å². The largest absolute Gasteiger partial charge is 0.508 e. The summed E-state index contributed by atoms with van der Waals surface area (Å²) in [5, 5.41) is 11.7. The fraction of sp³-hybridized carbons (Fsp3) is 0.333. The minimum Gasteiger partial charge on any atom is -0.508 e. The highest BCUT2D eigenvalue weighted by molar-refractivity contribution is 5.89. The molecule has 0 aliphatic rings. The molecule has 0 aliphatic heterocycles. The van der Waals surface area contributed by atoms with E-state index in [0.717, 1.165) is 5.56 Å². The summed E-state index contributed by atoms with van der Waals surface area (Å²) < 4.78 is 0. The van der Waals surface area contributed by atoms with Crippen LogP contribution in [0, 0.1) is 0 Å². The smallest absolute Gasteiger partial charge is 0.217 e. The summed E-state index contributed by atoms with van der Waals surface area (Å²) >= 11 is 0. The lowest BCUT2D eigenvalue weighted by Crippen LogP contribution is -2.44. The Bertz CT molecular complexity index is 401. The van der Waals surface area contributed by atoms with Crippen molar-refractivity contribution in [3.05, 3.63) is 29.8 Å². The normalized spacial score (nSPS) is 11.9. The van der Waals surface area contributed by atoms with E-state index in [0.29, 0.717) is 6.42 Å². The maximum absolute atomic E-state index is 11.5. The highest BCUT2D eigenvalue weighted by Gasteiger charge is 2.18. The van der Waals surface area contributed by atoms with Crippen molar-refractivity contribution >= 4 is 11.7 Å². The number of ketones is 1. The fourth-order valence-electron chi connectivity index (χ4n) is 1.50. The summed E-state index contributed by atoms with van der Waals surface area (Å²) in [5.74, 6) is -0.321. The van der Waals surface area contributed by atoms with E-state index in [1.807, 2.05) is 0 Å². The average molecular weight is 236 g/mol. The van der Waals surface area contributed by atoms with Crippen molar-refractivity contribution in [1.29, 1.82) is 0 Å². The van der Waals surface area contributed by atoms with Crippen molar-refractivity contribution in [1.82, 2.24) is 5.32 Å². The molecule has 0 radical (unpaired) electrons. The number of rotatable bonds is 5. The number of hydrogen-bond donors (Lipinski definition) is 3. The Morgan fingerprint density at radius 1 is 1.35 bits per heavy atom. The number of hydrogen-bond acceptors (Lipinski definition) is 4. The maximum Gasteiger partial charge on any atom is 0.217 e. The van der Waals surface area contributed by atoms with Crippen LogP contribution in [0.15, 0.2) is 24.3 Å². The topological polar surface area (TPSA) is 92.4 Å². The van der Waals surface area contributed by atoms with Crippen LogP contribution < -0.4 is 11.1 Å². The second-order valence-electron chi connectivity index (χ2n) is 3.79. The third-order valence-corrected chi connectivity index (χ3v) is 2.34. The zero-order valence-electron chi connectivity index (χ0n) is 9.64. The lowest BCUT2D eigenvalue weighted by atomic mass is 10.0. The molecule has 1 aromatic carbocycles. The molecule has 0 unspecified atom stereocenters. The predicted molar refractivity (Wildman–Crippen MR) is 63.5 cm³/mol. The van der Waals surface area contributed by atoms with E-state index in [2.05, 4.69) is 5.32 Å². The van der Waals surface area contributed by atoms with Crippen LogP contribution in [0.4, 0.5) is 0 Å². The molecule has 1 rings (SSSR count). The van der Waals surface area contributed by atoms with E-state index in [9.17, 15) is 9.59 Å². The van der Waals surface area contributed by atoms with E-state index in [-0.39, 0.29) is 24.0 Å². The quantitative estimate of drug-likeness (QED) is 0.669. The molecule has 0 bridgehead atoms. The molecule has 0 saturated heterocycles. The first-order valence-corrected chi connectivity index (χ1v) is 5.30. The first-order valence-electron chi connectivity index (χ1n) is 5.30. The van der Waals surface area contributed by atoms with Gasteiger partial charge in [-0.2, -0.15) is 0 Å². The zero-order valence-corrected chi connectivity index (χ0v) is 9.64. The predicted octanol–water partition coefficient (Wildman–Crippen LogP) is -0.0328. The first-order chi connectivity index (χ1) is 8.02. The van der Waals surface area contributed by atoms with Crippen molar-refractivity contribution in [2.75, 3.05) is 6.54 Å². The second kappa shape index (κ2) is 6.00. The van der Waals surface area contributed by atoms with Crippen molar-refractivity contribution in [2.45, 2.75) is 19.4 Å². The number of amides is 1. The second-order valence-corrected chi connectivity index (χ2v) is 3.79. The number of benzene rings is 1. The first kappa shape index (κ1) is 13.2. The minimum atomic E-state index is -0.609. The number of nitrogens with one attached hydrogen (secondary N) is 1. The Hall–Kier alpha value is -1.88. The van der Waals surface area contributed by atoms with Gasteiger partial charge < -0.3 is 16.2 Å². The zero-order chi connectivity index (χ0) is 12.8. The van der Waals surface area contributed by atoms with Gasteiger partial charge in [-0.25, -0.2) is 0 Å².